The van der Waals surface area contributed by atoms with Crippen molar-refractivity contribution in [1.82, 2.24) is 5.32 Å². The van der Waals surface area contributed by atoms with Crippen molar-refractivity contribution in [3.63, 3.8) is 0 Å². The molecule has 0 saturated heterocycles. The van der Waals surface area contributed by atoms with E-state index < -0.39 is 5.60 Å². The van der Waals surface area contributed by atoms with E-state index in [9.17, 15) is 9.90 Å². The van der Waals surface area contributed by atoms with Crippen molar-refractivity contribution in [1.29, 1.82) is 0 Å². The smallest absolute Gasteiger partial charge is 0.323 e. The lowest BCUT2D eigenvalue weighted by Crippen LogP contribution is -2.49. The molecule has 1 saturated carbocycles. The van der Waals surface area contributed by atoms with Crippen LogP contribution in [0.15, 0.2) is 0 Å². The van der Waals surface area contributed by atoms with Gasteiger partial charge in [-0.25, -0.2) is 0 Å². The van der Waals surface area contributed by atoms with Crippen LogP contribution >= 0.6 is 0 Å². The first-order valence-electron chi connectivity index (χ1n) is 7.13. The Labute approximate surface area is 110 Å². The Hall–Kier alpha value is -0.610. The summed E-state index contributed by atoms with van der Waals surface area (Å²) in [6, 6.07) is -0.298. The fraction of sp³-hybridized carbons (Fsp3) is 0.929. The van der Waals surface area contributed by atoms with Crippen LogP contribution < -0.4 is 5.32 Å². The van der Waals surface area contributed by atoms with Crippen LogP contribution in [0.25, 0.3) is 0 Å². The van der Waals surface area contributed by atoms with Gasteiger partial charge >= 0.3 is 5.97 Å². The summed E-state index contributed by atoms with van der Waals surface area (Å²) in [6.07, 6.45) is 4.45. The maximum Gasteiger partial charge on any atom is 0.323 e. The van der Waals surface area contributed by atoms with Crippen molar-refractivity contribution >= 4 is 5.97 Å². The number of carbonyl (C=O) groups excluding carboxylic acids is 1. The Morgan fingerprint density at radius 1 is 1.44 bits per heavy atom. The number of rotatable bonds is 6. The van der Waals surface area contributed by atoms with Crippen LogP contribution in [0.1, 0.15) is 52.9 Å². The fourth-order valence-electron chi connectivity index (χ4n) is 2.43. The highest BCUT2D eigenvalue weighted by Gasteiger charge is 2.32. The molecule has 4 nitrogen and oxygen atoms in total. The normalized spacial score (nSPS) is 29.9. The van der Waals surface area contributed by atoms with Gasteiger partial charge in [0.15, 0.2) is 0 Å². The van der Waals surface area contributed by atoms with Crippen LogP contribution in [0.5, 0.6) is 0 Å². The van der Waals surface area contributed by atoms with Gasteiger partial charge in [0.05, 0.1) is 12.2 Å². The molecule has 0 spiro atoms. The molecule has 0 aromatic carbocycles. The average Bonchev–Trinajstić information content (AvgIpc) is 2.34. The van der Waals surface area contributed by atoms with Gasteiger partial charge in [-0.05, 0) is 44.9 Å². The van der Waals surface area contributed by atoms with E-state index in [-0.39, 0.29) is 12.0 Å². The molecule has 1 aliphatic rings. The molecule has 106 valence electrons. The Morgan fingerprint density at radius 3 is 2.56 bits per heavy atom. The highest BCUT2D eigenvalue weighted by atomic mass is 16.5. The molecule has 0 aromatic heterocycles. The molecule has 2 N–H and O–H groups in total. The third kappa shape index (κ3) is 4.58. The van der Waals surface area contributed by atoms with Crippen molar-refractivity contribution in [2.24, 2.45) is 5.92 Å². The van der Waals surface area contributed by atoms with Crippen LogP contribution in [0.4, 0.5) is 0 Å². The summed E-state index contributed by atoms with van der Waals surface area (Å²) in [7, 11) is 0. The van der Waals surface area contributed by atoms with Crippen LogP contribution in [-0.4, -0.2) is 35.9 Å². The molecule has 0 heterocycles. The van der Waals surface area contributed by atoms with E-state index in [1.54, 1.807) is 6.92 Å². The van der Waals surface area contributed by atoms with E-state index >= 15 is 0 Å². The molecule has 4 heteroatoms. The Balaban J connectivity index is 2.40. The predicted molar refractivity (Wildman–Crippen MR) is 71.3 cm³/mol. The van der Waals surface area contributed by atoms with Crippen molar-refractivity contribution in [2.75, 3.05) is 13.2 Å². The molecule has 0 bridgehead atoms. The standard InChI is InChI=1S/C14H27NO3/c1-4-12(13(16)18-5-2)15-10-14(17)8-6-11(3)7-9-14/h11-12,15,17H,4-10H2,1-3H3. The van der Waals surface area contributed by atoms with E-state index in [1.165, 1.54) is 0 Å². The number of esters is 1. The highest BCUT2D eigenvalue weighted by Crippen LogP contribution is 2.31. The topological polar surface area (TPSA) is 58.6 Å². The van der Waals surface area contributed by atoms with Crippen LogP contribution in [0.2, 0.25) is 0 Å². The summed E-state index contributed by atoms with van der Waals surface area (Å²) in [4.78, 5) is 11.6. The van der Waals surface area contributed by atoms with Gasteiger partial charge < -0.3 is 15.2 Å². The largest absolute Gasteiger partial charge is 0.465 e. The van der Waals surface area contributed by atoms with Gasteiger partial charge in [-0.1, -0.05) is 13.8 Å². The number of aliphatic hydroxyl groups is 1. The van der Waals surface area contributed by atoms with Gasteiger partial charge in [0.25, 0.3) is 0 Å². The first-order chi connectivity index (χ1) is 8.50. The van der Waals surface area contributed by atoms with E-state index in [1.807, 2.05) is 6.92 Å². The summed E-state index contributed by atoms with van der Waals surface area (Å²) in [5.41, 5.74) is -0.646. The van der Waals surface area contributed by atoms with Gasteiger partial charge in [-0.15, -0.1) is 0 Å². The van der Waals surface area contributed by atoms with Crippen LogP contribution in [0.3, 0.4) is 0 Å². The molecule has 1 rings (SSSR count). The predicted octanol–water partition coefficient (Wildman–Crippen LogP) is 1.86. The monoisotopic (exact) mass is 257 g/mol. The van der Waals surface area contributed by atoms with Crippen LogP contribution in [-0.2, 0) is 9.53 Å². The second-order valence-electron chi connectivity index (χ2n) is 5.50. The molecule has 1 atom stereocenters. The molecule has 1 aliphatic carbocycles. The van der Waals surface area contributed by atoms with E-state index in [2.05, 4.69) is 12.2 Å². The van der Waals surface area contributed by atoms with Crippen molar-refractivity contribution < 1.29 is 14.6 Å². The van der Waals surface area contributed by atoms with Gasteiger partial charge in [0, 0.05) is 6.54 Å². The van der Waals surface area contributed by atoms with E-state index in [4.69, 9.17) is 4.74 Å². The lowest BCUT2D eigenvalue weighted by atomic mass is 9.79. The lowest BCUT2D eigenvalue weighted by molar-refractivity contribution is -0.146. The fourth-order valence-corrected chi connectivity index (χ4v) is 2.43. The lowest BCUT2D eigenvalue weighted by Gasteiger charge is -2.35. The van der Waals surface area contributed by atoms with Gasteiger partial charge in [-0.2, -0.15) is 0 Å². The maximum atomic E-state index is 11.6. The van der Waals surface area contributed by atoms with Crippen molar-refractivity contribution in [3.05, 3.63) is 0 Å². The number of hydrogen-bond donors (Lipinski definition) is 2. The molecule has 0 aliphatic heterocycles. The quantitative estimate of drug-likeness (QED) is 0.713. The maximum absolute atomic E-state index is 11.6. The molecule has 18 heavy (non-hydrogen) atoms. The molecule has 0 aromatic rings. The minimum Gasteiger partial charge on any atom is -0.465 e. The zero-order valence-electron chi connectivity index (χ0n) is 11.9. The summed E-state index contributed by atoms with van der Waals surface area (Å²) in [6.45, 7) is 6.86. The van der Waals surface area contributed by atoms with E-state index in [0.717, 1.165) is 25.7 Å². The van der Waals surface area contributed by atoms with Crippen molar-refractivity contribution in [2.45, 2.75) is 64.5 Å². The molecular weight excluding hydrogens is 230 g/mol. The third-order valence-electron chi connectivity index (χ3n) is 3.86. The number of hydrogen-bond acceptors (Lipinski definition) is 4. The Kier molecular flexibility index (Phi) is 6.09. The average molecular weight is 257 g/mol. The number of carbonyl (C=O) groups is 1. The molecule has 1 fully saturated rings. The van der Waals surface area contributed by atoms with Crippen molar-refractivity contribution in [3.8, 4) is 0 Å². The third-order valence-corrected chi connectivity index (χ3v) is 3.86. The first kappa shape index (κ1) is 15.4. The minimum atomic E-state index is -0.646. The zero-order chi connectivity index (χ0) is 13.6. The Morgan fingerprint density at radius 2 is 2.06 bits per heavy atom. The summed E-state index contributed by atoms with van der Waals surface area (Å²) < 4.78 is 5.00. The molecule has 0 amide bonds. The summed E-state index contributed by atoms with van der Waals surface area (Å²) in [5.74, 6) is 0.491. The molecule has 1 unspecified atom stereocenters. The SMILES string of the molecule is CCOC(=O)C(CC)NCC1(O)CCC(C)CC1. The summed E-state index contributed by atoms with van der Waals surface area (Å²) >= 11 is 0. The van der Waals surface area contributed by atoms with Gasteiger partial charge in [0.2, 0.25) is 0 Å². The second-order valence-corrected chi connectivity index (χ2v) is 5.50. The number of ether oxygens (including phenoxy) is 1. The Bertz CT molecular complexity index is 260. The van der Waals surface area contributed by atoms with Gasteiger partial charge in [-0.3, -0.25) is 4.79 Å². The zero-order valence-corrected chi connectivity index (χ0v) is 11.9. The number of nitrogens with one attached hydrogen (secondary N) is 1. The molecule has 0 radical (unpaired) electrons. The van der Waals surface area contributed by atoms with Crippen LogP contribution in [0, 0.1) is 5.92 Å². The first-order valence-corrected chi connectivity index (χ1v) is 7.13. The highest BCUT2D eigenvalue weighted by molar-refractivity contribution is 5.75. The molecular formula is C14H27NO3. The minimum absolute atomic E-state index is 0.215. The van der Waals surface area contributed by atoms with Gasteiger partial charge in [0.1, 0.15) is 6.04 Å². The second kappa shape index (κ2) is 7.10. The van der Waals surface area contributed by atoms with E-state index in [0.29, 0.717) is 25.5 Å². The summed E-state index contributed by atoms with van der Waals surface area (Å²) in [5, 5.41) is 13.6.